The van der Waals surface area contributed by atoms with Crippen LogP contribution in [0.25, 0.3) is 16.9 Å². The lowest BCUT2D eigenvalue weighted by atomic mass is 10.0. The van der Waals surface area contributed by atoms with Gasteiger partial charge in [-0.1, -0.05) is 72.3 Å². The molecule has 2 aromatic heterocycles. The Morgan fingerprint density at radius 3 is 2.24 bits per heavy atom. The first-order valence-electron chi connectivity index (χ1n) is 11.1. The maximum absolute atomic E-state index is 14.0. The number of hydrogen-bond donors (Lipinski definition) is 1. The molecule has 3 aromatic carbocycles. The topological polar surface area (TPSA) is 76.4 Å². The summed E-state index contributed by atoms with van der Waals surface area (Å²) in [6, 6.07) is 21.9. The lowest BCUT2D eigenvalue weighted by Gasteiger charge is -2.11. The summed E-state index contributed by atoms with van der Waals surface area (Å²) in [5, 5.41) is 6.77. The normalized spacial score (nSPS) is 11.5. The van der Waals surface area contributed by atoms with Crippen molar-refractivity contribution >= 4 is 50.6 Å². The number of carbonyl (C=O) groups excluding carboxylic acids is 2. The monoisotopic (exact) mass is 598 g/mol. The van der Waals surface area contributed by atoms with Crippen molar-refractivity contribution in [1.82, 2.24) is 14.6 Å². The van der Waals surface area contributed by atoms with E-state index in [2.05, 4.69) is 31.3 Å². The van der Waals surface area contributed by atoms with Crippen molar-refractivity contribution in [1.29, 1.82) is 0 Å². The first-order valence-corrected chi connectivity index (χ1v) is 12.2. The molecule has 0 bridgehead atoms. The molecule has 0 unspecified atom stereocenters. The smallest absolute Gasteiger partial charge is 0.320 e. The van der Waals surface area contributed by atoms with E-state index in [1.807, 2.05) is 0 Å². The maximum atomic E-state index is 14.0. The van der Waals surface area contributed by atoms with E-state index in [0.717, 1.165) is 6.07 Å². The van der Waals surface area contributed by atoms with E-state index in [4.69, 9.17) is 11.6 Å². The number of hydrogen-bond acceptors (Lipinski definition) is 4. The highest BCUT2D eigenvalue weighted by Gasteiger charge is 2.36. The molecule has 1 amide bonds. The van der Waals surface area contributed by atoms with Gasteiger partial charge < -0.3 is 5.32 Å². The molecule has 0 spiro atoms. The van der Waals surface area contributed by atoms with Gasteiger partial charge in [0, 0.05) is 21.7 Å². The number of rotatable bonds is 5. The van der Waals surface area contributed by atoms with Crippen LogP contribution in [0.15, 0.2) is 89.4 Å². The largest absolute Gasteiger partial charge is 0.433 e. The van der Waals surface area contributed by atoms with Crippen molar-refractivity contribution in [3.05, 3.63) is 117 Å². The van der Waals surface area contributed by atoms with Gasteiger partial charge in [-0.05, 0) is 40.2 Å². The number of nitrogens with zero attached hydrogens (tertiary/aromatic N) is 3. The second kappa shape index (κ2) is 10.0. The van der Waals surface area contributed by atoms with E-state index in [0.29, 0.717) is 15.6 Å². The third-order valence-electron chi connectivity index (χ3n) is 5.62. The summed E-state index contributed by atoms with van der Waals surface area (Å²) in [7, 11) is 0. The van der Waals surface area contributed by atoms with Crippen molar-refractivity contribution < 1.29 is 22.8 Å². The van der Waals surface area contributed by atoms with Crippen LogP contribution in [0.4, 0.5) is 18.9 Å². The minimum Gasteiger partial charge on any atom is -0.320 e. The summed E-state index contributed by atoms with van der Waals surface area (Å²) >= 11 is 9.31. The van der Waals surface area contributed by atoms with Crippen LogP contribution in [-0.4, -0.2) is 26.3 Å². The van der Waals surface area contributed by atoms with Crippen molar-refractivity contribution in [2.24, 2.45) is 0 Å². The van der Waals surface area contributed by atoms with Crippen LogP contribution in [0, 0.1) is 0 Å². The van der Waals surface area contributed by atoms with Gasteiger partial charge in [-0.3, -0.25) is 9.59 Å². The number of alkyl halides is 3. The first kappa shape index (κ1) is 25.6. The summed E-state index contributed by atoms with van der Waals surface area (Å²) < 4.78 is 42.5. The Balaban J connectivity index is 1.58. The molecule has 0 saturated heterocycles. The highest BCUT2D eigenvalue weighted by Crippen LogP contribution is 2.35. The molecule has 5 rings (SSSR count). The van der Waals surface area contributed by atoms with Gasteiger partial charge in [-0.15, -0.1) is 0 Å². The van der Waals surface area contributed by atoms with Crippen LogP contribution in [0.1, 0.15) is 32.1 Å². The Morgan fingerprint density at radius 2 is 1.58 bits per heavy atom. The van der Waals surface area contributed by atoms with Crippen LogP contribution in [-0.2, 0) is 6.18 Å². The fourth-order valence-corrected chi connectivity index (χ4v) is 4.52. The predicted molar refractivity (Wildman–Crippen MR) is 140 cm³/mol. The Bertz CT molecular complexity index is 1690. The first-order chi connectivity index (χ1) is 18.1. The average Bonchev–Trinajstić information content (AvgIpc) is 3.25. The third-order valence-corrected chi connectivity index (χ3v) is 6.58. The number of amides is 1. The Labute approximate surface area is 227 Å². The number of aromatic nitrogens is 3. The highest BCUT2D eigenvalue weighted by atomic mass is 79.9. The quantitative estimate of drug-likeness (QED) is 0.215. The molecule has 0 aliphatic heterocycles. The molecular weight excluding hydrogens is 585 g/mol. The zero-order valence-corrected chi connectivity index (χ0v) is 21.5. The van der Waals surface area contributed by atoms with Crippen LogP contribution >= 0.6 is 27.5 Å². The fourth-order valence-electron chi connectivity index (χ4n) is 3.84. The molecule has 6 nitrogen and oxygen atoms in total. The number of carbonyl (C=O) groups is 2. The van der Waals surface area contributed by atoms with Gasteiger partial charge in [0.05, 0.1) is 15.9 Å². The minimum atomic E-state index is -4.78. The van der Waals surface area contributed by atoms with Crippen LogP contribution in [0.5, 0.6) is 0 Å². The third kappa shape index (κ3) is 4.92. The number of fused-ring (bicyclic) bond motifs is 1. The Morgan fingerprint density at radius 1 is 0.921 bits per heavy atom. The number of nitrogens with one attached hydrogen (secondary N) is 1. The van der Waals surface area contributed by atoms with Gasteiger partial charge in [0.2, 0.25) is 0 Å². The molecule has 0 radical (unpaired) electrons. The maximum Gasteiger partial charge on any atom is 0.433 e. The summed E-state index contributed by atoms with van der Waals surface area (Å²) in [5.41, 5.74) is -0.527. The van der Waals surface area contributed by atoms with Crippen molar-refractivity contribution in [2.75, 3.05) is 5.32 Å². The molecule has 0 fully saturated rings. The van der Waals surface area contributed by atoms with E-state index in [1.165, 1.54) is 18.2 Å². The van der Waals surface area contributed by atoms with Gasteiger partial charge in [-0.2, -0.15) is 18.3 Å². The molecule has 0 saturated carbocycles. The molecule has 190 valence electrons. The Kier molecular flexibility index (Phi) is 6.77. The zero-order valence-electron chi connectivity index (χ0n) is 19.1. The molecule has 0 aliphatic rings. The van der Waals surface area contributed by atoms with Crippen LogP contribution < -0.4 is 5.32 Å². The SMILES string of the molecule is O=C(c1ccccc1)c1cc(Cl)ccc1NC(=O)c1nn2c(C(F)(F)F)cc(-c3ccccc3)nc2c1Br. The summed E-state index contributed by atoms with van der Waals surface area (Å²) in [5.74, 6) is -1.24. The zero-order chi connectivity index (χ0) is 27.0. The number of ketones is 1. The van der Waals surface area contributed by atoms with E-state index < -0.39 is 23.6 Å². The molecule has 11 heteroatoms. The van der Waals surface area contributed by atoms with Gasteiger partial charge in [-0.25, -0.2) is 9.50 Å². The molecule has 1 N–H and O–H groups in total. The van der Waals surface area contributed by atoms with E-state index in [-0.39, 0.29) is 37.8 Å². The molecule has 0 atom stereocenters. The summed E-state index contributed by atoms with van der Waals surface area (Å²) in [4.78, 5) is 30.7. The second-order valence-electron chi connectivity index (χ2n) is 8.13. The molecule has 2 heterocycles. The van der Waals surface area contributed by atoms with Crippen molar-refractivity contribution in [3.8, 4) is 11.3 Å². The second-order valence-corrected chi connectivity index (χ2v) is 9.36. The van der Waals surface area contributed by atoms with Gasteiger partial charge in [0.15, 0.2) is 22.8 Å². The standard InChI is InChI=1S/C27H15BrClF3N4O2/c28-22-23(26(38)34-19-12-11-17(29)13-18(19)24(37)16-9-5-2-6-10-16)35-36-21(27(30,31)32)14-20(33-25(22)36)15-7-3-1-4-8-15/h1-14H,(H,34,38). The molecule has 38 heavy (non-hydrogen) atoms. The van der Waals surface area contributed by atoms with Crippen molar-refractivity contribution in [3.63, 3.8) is 0 Å². The van der Waals surface area contributed by atoms with Gasteiger partial charge >= 0.3 is 6.18 Å². The lowest BCUT2D eigenvalue weighted by molar-refractivity contribution is -0.142. The van der Waals surface area contributed by atoms with Gasteiger partial charge in [0.1, 0.15) is 0 Å². The van der Waals surface area contributed by atoms with Gasteiger partial charge in [0.25, 0.3) is 5.91 Å². The van der Waals surface area contributed by atoms with Crippen LogP contribution in [0.3, 0.4) is 0 Å². The van der Waals surface area contributed by atoms with E-state index >= 15 is 0 Å². The average molecular weight is 600 g/mol. The number of halogens is 5. The van der Waals surface area contributed by atoms with Crippen LogP contribution in [0.2, 0.25) is 5.02 Å². The fraction of sp³-hybridized carbons (Fsp3) is 0.0370. The number of anilines is 1. The molecule has 0 aliphatic carbocycles. The summed E-state index contributed by atoms with van der Waals surface area (Å²) in [6.45, 7) is 0. The minimum absolute atomic E-state index is 0.0387. The lowest BCUT2D eigenvalue weighted by Crippen LogP contribution is -2.17. The van der Waals surface area contributed by atoms with E-state index in [1.54, 1.807) is 60.7 Å². The Hall–Kier alpha value is -4.02. The van der Waals surface area contributed by atoms with Crippen molar-refractivity contribution in [2.45, 2.75) is 6.18 Å². The predicted octanol–water partition coefficient (Wildman–Crippen LogP) is 7.31. The highest BCUT2D eigenvalue weighted by molar-refractivity contribution is 9.10. The summed E-state index contributed by atoms with van der Waals surface area (Å²) in [6.07, 6.45) is -4.78. The van der Waals surface area contributed by atoms with E-state index in [9.17, 15) is 22.8 Å². The molecule has 5 aromatic rings. The number of benzene rings is 3. The molecular formula is C27H15BrClF3N4O2.